The smallest absolute Gasteiger partial charge is 0.265 e. The molecule has 102 valence electrons. The molecule has 0 saturated carbocycles. The number of para-hydroxylation sites is 1. The van der Waals surface area contributed by atoms with Crippen LogP contribution < -0.4 is 10.0 Å². The first-order valence-electron chi connectivity index (χ1n) is 5.82. The molecule has 0 amide bonds. The van der Waals surface area contributed by atoms with Gasteiger partial charge in [0.25, 0.3) is 10.0 Å². The van der Waals surface area contributed by atoms with E-state index in [1.54, 1.807) is 12.1 Å². The number of sulfonamides is 1. The van der Waals surface area contributed by atoms with Crippen molar-refractivity contribution in [1.29, 1.82) is 0 Å². The molecule has 0 aliphatic rings. The van der Waals surface area contributed by atoms with Gasteiger partial charge in [0, 0.05) is 12.2 Å². The first-order chi connectivity index (χ1) is 9.04. The second-order valence-corrected chi connectivity index (χ2v) is 5.82. The predicted octanol–water partition coefficient (Wildman–Crippen LogP) is 1.49. The molecule has 7 heteroatoms. The molecule has 0 spiro atoms. The largest absolute Gasteiger partial charge is 0.313 e. The highest BCUT2D eigenvalue weighted by molar-refractivity contribution is 7.92. The summed E-state index contributed by atoms with van der Waals surface area (Å²) in [7, 11) is -1.78. The van der Waals surface area contributed by atoms with Crippen LogP contribution in [0.15, 0.2) is 41.6 Å². The Bertz CT molecular complexity index is 638. The van der Waals surface area contributed by atoms with Crippen molar-refractivity contribution in [3.05, 3.63) is 42.2 Å². The standard InChI is InChI=1S/C12H16N4O2S/c1-9(13-2)11-5-3-4-6-12(11)16-19(17,18)10-7-14-15-8-10/h3-9,13,16H,1-2H3,(H,14,15). The highest BCUT2D eigenvalue weighted by atomic mass is 32.2. The summed E-state index contributed by atoms with van der Waals surface area (Å²) in [4.78, 5) is 0.111. The molecule has 1 aromatic heterocycles. The highest BCUT2D eigenvalue weighted by Crippen LogP contribution is 2.24. The first kappa shape index (κ1) is 13.6. The van der Waals surface area contributed by atoms with Crippen molar-refractivity contribution in [1.82, 2.24) is 15.5 Å². The van der Waals surface area contributed by atoms with Crippen LogP contribution in [-0.4, -0.2) is 25.7 Å². The number of rotatable bonds is 5. The minimum absolute atomic E-state index is 0.0447. The van der Waals surface area contributed by atoms with Crippen molar-refractivity contribution in [2.45, 2.75) is 17.9 Å². The summed E-state index contributed by atoms with van der Waals surface area (Å²) < 4.78 is 26.8. The zero-order valence-electron chi connectivity index (χ0n) is 10.7. The fourth-order valence-electron chi connectivity index (χ4n) is 1.71. The SMILES string of the molecule is CNC(C)c1ccccc1NS(=O)(=O)c1cn[nH]c1. The lowest BCUT2D eigenvalue weighted by Crippen LogP contribution is -2.18. The number of aromatic nitrogens is 2. The lowest BCUT2D eigenvalue weighted by molar-refractivity contribution is 0.601. The van der Waals surface area contributed by atoms with Crippen molar-refractivity contribution in [2.75, 3.05) is 11.8 Å². The van der Waals surface area contributed by atoms with Crippen LogP contribution in [0.3, 0.4) is 0 Å². The third kappa shape index (κ3) is 2.94. The van der Waals surface area contributed by atoms with Crippen molar-refractivity contribution in [3.63, 3.8) is 0 Å². The van der Waals surface area contributed by atoms with Crippen LogP contribution in [0.2, 0.25) is 0 Å². The molecule has 0 aliphatic heterocycles. The summed E-state index contributed by atoms with van der Waals surface area (Å²) in [5, 5.41) is 9.22. The average molecular weight is 280 g/mol. The van der Waals surface area contributed by atoms with E-state index in [4.69, 9.17) is 0 Å². The van der Waals surface area contributed by atoms with Crippen LogP contribution in [-0.2, 0) is 10.0 Å². The molecule has 1 aromatic carbocycles. The van der Waals surface area contributed by atoms with Crippen molar-refractivity contribution < 1.29 is 8.42 Å². The van der Waals surface area contributed by atoms with Crippen LogP contribution in [0.5, 0.6) is 0 Å². The van der Waals surface area contributed by atoms with Crippen LogP contribution in [0, 0.1) is 0 Å². The highest BCUT2D eigenvalue weighted by Gasteiger charge is 2.18. The second kappa shape index (κ2) is 5.41. The molecule has 0 saturated heterocycles. The van der Waals surface area contributed by atoms with Crippen molar-refractivity contribution >= 4 is 15.7 Å². The normalized spacial score (nSPS) is 13.2. The average Bonchev–Trinajstić information content (AvgIpc) is 2.93. The minimum Gasteiger partial charge on any atom is -0.313 e. The Hall–Kier alpha value is -1.86. The van der Waals surface area contributed by atoms with Gasteiger partial charge in [0.2, 0.25) is 0 Å². The molecule has 0 fully saturated rings. The van der Waals surface area contributed by atoms with E-state index >= 15 is 0 Å². The minimum atomic E-state index is -3.61. The lowest BCUT2D eigenvalue weighted by Gasteiger charge is -2.16. The molecule has 2 aromatic rings. The van der Waals surface area contributed by atoms with Gasteiger partial charge in [0.15, 0.2) is 0 Å². The molecule has 0 radical (unpaired) electrons. The lowest BCUT2D eigenvalue weighted by atomic mass is 10.1. The zero-order valence-corrected chi connectivity index (χ0v) is 11.5. The van der Waals surface area contributed by atoms with Crippen LogP contribution >= 0.6 is 0 Å². The number of nitrogens with one attached hydrogen (secondary N) is 3. The van der Waals surface area contributed by atoms with Gasteiger partial charge in [0.05, 0.1) is 11.9 Å². The van der Waals surface area contributed by atoms with E-state index in [9.17, 15) is 8.42 Å². The van der Waals surface area contributed by atoms with E-state index in [0.717, 1.165) is 5.56 Å². The van der Waals surface area contributed by atoms with E-state index in [1.165, 1.54) is 12.4 Å². The number of H-pyrrole nitrogens is 1. The van der Waals surface area contributed by atoms with E-state index in [0.29, 0.717) is 5.69 Å². The molecular formula is C12H16N4O2S. The summed E-state index contributed by atoms with van der Waals surface area (Å²) in [6, 6.07) is 7.33. The summed E-state index contributed by atoms with van der Waals surface area (Å²) in [5.74, 6) is 0. The molecular weight excluding hydrogens is 264 g/mol. The quantitative estimate of drug-likeness (QED) is 0.774. The first-order valence-corrected chi connectivity index (χ1v) is 7.30. The van der Waals surface area contributed by atoms with Crippen LogP contribution in [0.4, 0.5) is 5.69 Å². The second-order valence-electron chi connectivity index (χ2n) is 4.14. The number of hydrogen-bond acceptors (Lipinski definition) is 4. The zero-order chi connectivity index (χ0) is 13.9. The van der Waals surface area contributed by atoms with E-state index in [1.807, 2.05) is 26.1 Å². The van der Waals surface area contributed by atoms with Crippen LogP contribution in [0.1, 0.15) is 18.5 Å². The fraction of sp³-hybridized carbons (Fsp3) is 0.250. The summed E-state index contributed by atoms with van der Waals surface area (Å²) in [6.07, 6.45) is 2.61. The van der Waals surface area contributed by atoms with Gasteiger partial charge in [-0.3, -0.25) is 9.82 Å². The molecule has 6 nitrogen and oxygen atoms in total. The van der Waals surface area contributed by atoms with Gasteiger partial charge >= 0.3 is 0 Å². The number of benzene rings is 1. The fourth-order valence-corrected chi connectivity index (χ4v) is 2.71. The predicted molar refractivity (Wildman–Crippen MR) is 73.3 cm³/mol. The van der Waals surface area contributed by atoms with Gasteiger partial charge in [-0.15, -0.1) is 0 Å². The van der Waals surface area contributed by atoms with Gasteiger partial charge in [-0.1, -0.05) is 18.2 Å². The summed E-state index contributed by atoms with van der Waals surface area (Å²) in [5.41, 5.74) is 1.45. The molecule has 1 heterocycles. The van der Waals surface area contributed by atoms with Gasteiger partial charge in [-0.2, -0.15) is 5.10 Å². The maximum Gasteiger partial charge on any atom is 0.265 e. The summed E-state index contributed by atoms with van der Waals surface area (Å²) in [6.45, 7) is 1.96. The monoisotopic (exact) mass is 280 g/mol. The number of nitrogens with zero attached hydrogens (tertiary/aromatic N) is 1. The third-order valence-corrected chi connectivity index (χ3v) is 4.22. The molecule has 0 bridgehead atoms. The van der Waals surface area contributed by atoms with Gasteiger partial charge < -0.3 is 5.32 Å². The van der Waals surface area contributed by atoms with E-state index < -0.39 is 10.0 Å². The Morgan fingerprint density at radius 3 is 2.68 bits per heavy atom. The molecule has 3 N–H and O–H groups in total. The van der Waals surface area contributed by atoms with E-state index in [2.05, 4.69) is 20.2 Å². The van der Waals surface area contributed by atoms with Gasteiger partial charge in [-0.25, -0.2) is 8.42 Å². The third-order valence-electron chi connectivity index (χ3n) is 2.89. The molecule has 2 rings (SSSR count). The number of aromatic amines is 1. The Kier molecular flexibility index (Phi) is 3.87. The van der Waals surface area contributed by atoms with E-state index in [-0.39, 0.29) is 10.9 Å². The molecule has 1 atom stereocenters. The Balaban J connectivity index is 2.34. The topological polar surface area (TPSA) is 86.9 Å². The molecule has 19 heavy (non-hydrogen) atoms. The molecule has 0 aliphatic carbocycles. The Morgan fingerprint density at radius 2 is 2.05 bits per heavy atom. The van der Waals surface area contributed by atoms with Gasteiger partial charge in [-0.05, 0) is 25.6 Å². The molecule has 1 unspecified atom stereocenters. The summed E-state index contributed by atoms with van der Waals surface area (Å²) >= 11 is 0. The van der Waals surface area contributed by atoms with Crippen molar-refractivity contribution in [3.8, 4) is 0 Å². The van der Waals surface area contributed by atoms with Crippen LogP contribution in [0.25, 0.3) is 0 Å². The Morgan fingerprint density at radius 1 is 1.32 bits per heavy atom. The van der Waals surface area contributed by atoms with Gasteiger partial charge in [0.1, 0.15) is 4.90 Å². The van der Waals surface area contributed by atoms with Crippen molar-refractivity contribution in [2.24, 2.45) is 0 Å². The Labute approximate surface area is 112 Å². The maximum absolute atomic E-state index is 12.1. The number of hydrogen-bond donors (Lipinski definition) is 3. The maximum atomic E-state index is 12.1. The number of anilines is 1.